The van der Waals surface area contributed by atoms with Crippen LogP contribution in [0.2, 0.25) is 0 Å². The second-order valence-corrected chi connectivity index (χ2v) is 6.80. The highest BCUT2D eigenvalue weighted by molar-refractivity contribution is 4.92. The third kappa shape index (κ3) is 4.97. The Morgan fingerprint density at radius 1 is 1.24 bits per heavy atom. The normalized spacial score (nSPS) is 30.5. The summed E-state index contributed by atoms with van der Waals surface area (Å²) in [6, 6.07) is 0. The van der Waals surface area contributed by atoms with Gasteiger partial charge in [0.2, 0.25) is 0 Å². The van der Waals surface area contributed by atoms with Crippen molar-refractivity contribution in [1.82, 2.24) is 0 Å². The molecular formula is C15H31NO. The van der Waals surface area contributed by atoms with Gasteiger partial charge in [0.1, 0.15) is 0 Å². The molecule has 0 bridgehead atoms. The summed E-state index contributed by atoms with van der Waals surface area (Å²) in [7, 11) is 0. The van der Waals surface area contributed by atoms with Crippen LogP contribution < -0.4 is 5.73 Å². The molecule has 102 valence electrons. The number of ether oxygens (including phenoxy) is 1. The van der Waals surface area contributed by atoms with Crippen LogP contribution in [0.1, 0.15) is 66.2 Å². The van der Waals surface area contributed by atoms with Crippen LogP contribution >= 0.6 is 0 Å². The first-order chi connectivity index (χ1) is 7.87. The van der Waals surface area contributed by atoms with Crippen molar-refractivity contribution in [3.8, 4) is 0 Å². The Kier molecular flexibility index (Phi) is 5.46. The Balaban J connectivity index is 2.29. The van der Waals surface area contributed by atoms with Gasteiger partial charge in [0.25, 0.3) is 0 Å². The molecule has 0 spiro atoms. The van der Waals surface area contributed by atoms with E-state index in [0.29, 0.717) is 5.41 Å². The van der Waals surface area contributed by atoms with Crippen molar-refractivity contribution in [3.05, 3.63) is 0 Å². The molecule has 0 radical (unpaired) electrons. The first-order valence-corrected chi connectivity index (χ1v) is 7.24. The molecule has 0 amide bonds. The van der Waals surface area contributed by atoms with E-state index in [1.165, 1.54) is 25.7 Å². The van der Waals surface area contributed by atoms with Crippen molar-refractivity contribution >= 4 is 0 Å². The van der Waals surface area contributed by atoms with Gasteiger partial charge in [-0.25, -0.2) is 0 Å². The van der Waals surface area contributed by atoms with E-state index < -0.39 is 0 Å². The molecule has 2 heteroatoms. The second-order valence-electron chi connectivity index (χ2n) is 6.80. The number of hydrogen-bond donors (Lipinski definition) is 1. The summed E-state index contributed by atoms with van der Waals surface area (Å²) in [6.45, 7) is 10.8. The van der Waals surface area contributed by atoms with E-state index in [1.54, 1.807) is 0 Å². The maximum Gasteiger partial charge on any atom is 0.0466 e. The Morgan fingerprint density at radius 3 is 2.29 bits per heavy atom. The average molecular weight is 241 g/mol. The van der Waals surface area contributed by atoms with E-state index in [4.69, 9.17) is 10.5 Å². The molecule has 0 unspecified atom stereocenters. The first-order valence-electron chi connectivity index (χ1n) is 7.24. The van der Waals surface area contributed by atoms with Crippen molar-refractivity contribution < 1.29 is 4.74 Å². The van der Waals surface area contributed by atoms with Crippen molar-refractivity contribution in [2.75, 3.05) is 13.2 Å². The minimum atomic E-state index is 0.0961. The minimum absolute atomic E-state index is 0.0961. The Labute approximate surface area is 107 Å². The third-order valence-electron chi connectivity index (χ3n) is 4.37. The maximum absolute atomic E-state index is 6.49. The molecule has 0 aromatic carbocycles. The fraction of sp³-hybridized carbons (Fsp3) is 1.00. The number of hydrogen-bond acceptors (Lipinski definition) is 2. The van der Waals surface area contributed by atoms with Gasteiger partial charge in [0.15, 0.2) is 0 Å². The Hall–Kier alpha value is -0.0800. The molecule has 17 heavy (non-hydrogen) atoms. The molecule has 0 aliphatic heterocycles. The van der Waals surface area contributed by atoms with Crippen molar-refractivity contribution in [3.63, 3.8) is 0 Å². The van der Waals surface area contributed by atoms with Gasteiger partial charge in [-0.3, -0.25) is 0 Å². The van der Waals surface area contributed by atoms with Gasteiger partial charge in [-0.15, -0.1) is 0 Å². The Bertz CT molecular complexity index is 211. The zero-order chi connectivity index (χ0) is 12.9. The van der Waals surface area contributed by atoms with Gasteiger partial charge in [0.05, 0.1) is 0 Å². The number of nitrogens with two attached hydrogens (primary N) is 1. The van der Waals surface area contributed by atoms with E-state index in [9.17, 15) is 0 Å². The molecule has 1 fully saturated rings. The third-order valence-corrected chi connectivity index (χ3v) is 4.37. The molecule has 1 aliphatic rings. The quantitative estimate of drug-likeness (QED) is 0.744. The van der Waals surface area contributed by atoms with Crippen LogP contribution in [-0.4, -0.2) is 18.8 Å². The zero-order valence-electron chi connectivity index (χ0n) is 12.2. The SMILES string of the molecule is CCOCCCC1(N)CCC(C(C)(C)C)CC1. The summed E-state index contributed by atoms with van der Waals surface area (Å²) in [5, 5.41) is 0. The van der Waals surface area contributed by atoms with Crippen LogP contribution in [0.4, 0.5) is 0 Å². The summed E-state index contributed by atoms with van der Waals surface area (Å²) < 4.78 is 5.39. The van der Waals surface area contributed by atoms with Gasteiger partial charge < -0.3 is 10.5 Å². The van der Waals surface area contributed by atoms with E-state index >= 15 is 0 Å². The smallest absolute Gasteiger partial charge is 0.0466 e. The monoisotopic (exact) mass is 241 g/mol. The highest BCUT2D eigenvalue weighted by Gasteiger charge is 2.35. The fourth-order valence-corrected chi connectivity index (χ4v) is 2.98. The first kappa shape index (κ1) is 15.0. The van der Waals surface area contributed by atoms with Crippen LogP contribution in [0.15, 0.2) is 0 Å². The Morgan fingerprint density at radius 2 is 1.82 bits per heavy atom. The molecule has 1 saturated carbocycles. The van der Waals surface area contributed by atoms with Crippen LogP contribution in [0.25, 0.3) is 0 Å². The van der Waals surface area contributed by atoms with E-state index in [-0.39, 0.29) is 5.54 Å². The molecule has 2 nitrogen and oxygen atoms in total. The van der Waals surface area contributed by atoms with Crippen molar-refractivity contribution in [2.45, 2.75) is 71.8 Å². The van der Waals surface area contributed by atoms with Gasteiger partial charge >= 0.3 is 0 Å². The predicted octanol–water partition coefficient (Wildman–Crippen LogP) is 3.74. The maximum atomic E-state index is 6.49. The van der Waals surface area contributed by atoms with Crippen molar-refractivity contribution in [2.24, 2.45) is 17.1 Å². The molecule has 0 aromatic heterocycles. The highest BCUT2D eigenvalue weighted by atomic mass is 16.5. The fourth-order valence-electron chi connectivity index (χ4n) is 2.98. The zero-order valence-corrected chi connectivity index (χ0v) is 12.2. The van der Waals surface area contributed by atoms with Gasteiger partial charge in [-0.05, 0) is 56.8 Å². The largest absolute Gasteiger partial charge is 0.382 e. The van der Waals surface area contributed by atoms with Crippen LogP contribution in [0, 0.1) is 11.3 Å². The van der Waals surface area contributed by atoms with Gasteiger partial charge in [0, 0.05) is 18.8 Å². The molecular weight excluding hydrogens is 210 g/mol. The van der Waals surface area contributed by atoms with Crippen LogP contribution in [0.5, 0.6) is 0 Å². The topological polar surface area (TPSA) is 35.2 Å². The molecule has 0 aromatic rings. The minimum Gasteiger partial charge on any atom is -0.382 e. The van der Waals surface area contributed by atoms with Crippen LogP contribution in [-0.2, 0) is 4.74 Å². The van der Waals surface area contributed by atoms with E-state index in [2.05, 4.69) is 20.8 Å². The lowest BCUT2D eigenvalue weighted by Gasteiger charge is -2.42. The molecule has 0 heterocycles. The lowest BCUT2D eigenvalue weighted by atomic mass is 9.66. The summed E-state index contributed by atoms with van der Waals surface area (Å²) in [5.74, 6) is 0.853. The number of rotatable bonds is 5. The summed E-state index contributed by atoms with van der Waals surface area (Å²) in [6.07, 6.45) is 7.24. The molecule has 0 atom stereocenters. The summed E-state index contributed by atoms with van der Waals surface area (Å²) >= 11 is 0. The molecule has 0 saturated heterocycles. The average Bonchev–Trinajstić information content (AvgIpc) is 2.24. The van der Waals surface area contributed by atoms with Crippen LogP contribution in [0.3, 0.4) is 0 Å². The lowest BCUT2D eigenvalue weighted by molar-refractivity contribution is 0.108. The van der Waals surface area contributed by atoms with Crippen molar-refractivity contribution in [1.29, 1.82) is 0 Å². The van der Waals surface area contributed by atoms with Gasteiger partial charge in [-0.2, -0.15) is 0 Å². The highest BCUT2D eigenvalue weighted by Crippen LogP contribution is 2.41. The predicted molar refractivity (Wildman–Crippen MR) is 74.1 cm³/mol. The van der Waals surface area contributed by atoms with E-state index in [0.717, 1.165) is 32.0 Å². The lowest BCUT2D eigenvalue weighted by Crippen LogP contribution is -2.45. The molecule has 1 rings (SSSR count). The van der Waals surface area contributed by atoms with Gasteiger partial charge in [-0.1, -0.05) is 20.8 Å². The molecule has 1 aliphatic carbocycles. The summed E-state index contributed by atoms with van der Waals surface area (Å²) in [4.78, 5) is 0. The van der Waals surface area contributed by atoms with E-state index in [1.807, 2.05) is 6.92 Å². The second kappa shape index (κ2) is 6.19. The standard InChI is InChI=1S/C15H31NO/c1-5-17-12-6-9-15(16)10-7-13(8-11-15)14(2,3)4/h13H,5-12,16H2,1-4H3. The summed E-state index contributed by atoms with van der Waals surface area (Å²) in [5.41, 5.74) is 7.04. The molecule has 2 N–H and O–H groups in total.